The molecule has 0 fully saturated rings. The van der Waals surface area contributed by atoms with E-state index in [1.807, 2.05) is 0 Å². The van der Waals surface area contributed by atoms with Crippen molar-refractivity contribution < 1.29 is 28.9 Å². The predicted octanol–water partition coefficient (Wildman–Crippen LogP) is 2.96. The Labute approximate surface area is 131 Å². The van der Waals surface area contributed by atoms with E-state index >= 15 is 0 Å². The zero-order valence-electron chi connectivity index (χ0n) is 11.9. The maximum absolute atomic E-state index is 13.1. The van der Waals surface area contributed by atoms with Crippen molar-refractivity contribution in [3.8, 4) is 5.75 Å². The van der Waals surface area contributed by atoms with Gasteiger partial charge in [-0.25, -0.2) is 9.18 Å². The molecule has 0 spiro atoms. The van der Waals surface area contributed by atoms with Crippen LogP contribution in [-0.2, 0) is 16.2 Å². The van der Waals surface area contributed by atoms with Gasteiger partial charge in [-0.15, -0.1) is 0 Å². The fraction of sp³-hybridized carbons (Fsp3) is 0.0588. The summed E-state index contributed by atoms with van der Waals surface area (Å²) in [7, 11) is 0. The fourth-order valence-corrected chi connectivity index (χ4v) is 1.81. The van der Waals surface area contributed by atoms with Gasteiger partial charge in [-0.2, -0.15) is 0 Å². The summed E-state index contributed by atoms with van der Waals surface area (Å²) < 4.78 is 18.6. The molecule has 0 aliphatic carbocycles. The first kappa shape index (κ1) is 16.2. The number of ketones is 1. The smallest absolute Gasteiger partial charge is 0.376 e. The van der Waals surface area contributed by atoms with Crippen molar-refractivity contribution in [1.29, 1.82) is 0 Å². The van der Waals surface area contributed by atoms with E-state index in [2.05, 4.69) is 0 Å². The molecule has 118 valence electrons. The van der Waals surface area contributed by atoms with Gasteiger partial charge >= 0.3 is 5.97 Å². The molecule has 2 N–H and O–H groups in total. The first-order valence-corrected chi connectivity index (χ1v) is 6.61. The second kappa shape index (κ2) is 7.22. The molecular formula is C17H13FO5. The molecule has 23 heavy (non-hydrogen) atoms. The van der Waals surface area contributed by atoms with Gasteiger partial charge in [0.05, 0.1) is 0 Å². The number of carboxylic acids is 1. The van der Waals surface area contributed by atoms with Crippen molar-refractivity contribution >= 4 is 17.5 Å². The summed E-state index contributed by atoms with van der Waals surface area (Å²) in [6, 6.07) is 12.1. The van der Waals surface area contributed by atoms with E-state index in [-0.39, 0.29) is 18.0 Å². The lowest BCUT2D eigenvalue weighted by atomic mass is 10.1. The number of aliphatic hydroxyl groups is 1. The average molecular weight is 316 g/mol. The molecule has 0 aromatic heterocycles. The summed E-state index contributed by atoms with van der Waals surface area (Å²) in [5.74, 6) is -3.35. The van der Waals surface area contributed by atoms with Crippen molar-refractivity contribution in [2.24, 2.45) is 0 Å². The summed E-state index contributed by atoms with van der Waals surface area (Å²) in [6.07, 6.45) is 0.619. The number of hydrogen-bond acceptors (Lipinski definition) is 4. The number of aliphatic carboxylic acids is 1. The molecule has 2 aromatic rings. The van der Waals surface area contributed by atoms with Crippen molar-refractivity contribution in [3.63, 3.8) is 0 Å². The van der Waals surface area contributed by atoms with Crippen LogP contribution in [0.2, 0.25) is 0 Å². The summed E-state index contributed by atoms with van der Waals surface area (Å²) in [5, 5.41) is 18.3. The summed E-state index contributed by atoms with van der Waals surface area (Å²) >= 11 is 0. The molecule has 0 atom stereocenters. The molecule has 0 radical (unpaired) electrons. The topological polar surface area (TPSA) is 83.8 Å². The Morgan fingerprint density at radius 1 is 1.09 bits per heavy atom. The molecule has 2 rings (SSSR count). The molecule has 0 aliphatic heterocycles. The number of benzene rings is 2. The molecule has 5 nitrogen and oxygen atoms in total. The molecule has 6 heteroatoms. The third-order valence-corrected chi connectivity index (χ3v) is 2.90. The van der Waals surface area contributed by atoms with Crippen molar-refractivity contribution in [2.75, 3.05) is 0 Å². The largest absolute Gasteiger partial charge is 0.507 e. The van der Waals surface area contributed by atoms with Gasteiger partial charge in [-0.05, 0) is 29.8 Å². The highest BCUT2D eigenvalue weighted by molar-refractivity contribution is 6.38. The van der Waals surface area contributed by atoms with E-state index in [1.54, 1.807) is 24.3 Å². The minimum Gasteiger partial charge on any atom is -0.507 e. The maximum atomic E-state index is 13.1. The van der Waals surface area contributed by atoms with Crippen molar-refractivity contribution in [3.05, 3.63) is 71.6 Å². The maximum Gasteiger partial charge on any atom is 0.376 e. The van der Waals surface area contributed by atoms with E-state index in [9.17, 15) is 19.1 Å². The van der Waals surface area contributed by atoms with Crippen LogP contribution in [0.15, 0.2) is 54.6 Å². The van der Waals surface area contributed by atoms with Crippen molar-refractivity contribution in [1.82, 2.24) is 0 Å². The highest BCUT2D eigenvalue weighted by atomic mass is 19.1. The Kier molecular flexibility index (Phi) is 5.09. The second-order valence-corrected chi connectivity index (χ2v) is 4.65. The number of hydrogen-bond donors (Lipinski definition) is 2. The van der Waals surface area contributed by atoms with Crippen molar-refractivity contribution in [2.45, 2.75) is 6.61 Å². The first-order valence-electron chi connectivity index (χ1n) is 6.61. The zero-order chi connectivity index (χ0) is 16.8. The van der Waals surface area contributed by atoms with Crippen LogP contribution in [0.5, 0.6) is 5.75 Å². The van der Waals surface area contributed by atoms with E-state index in [4.69, 9.17) is 9.84 Å². The van der Waals surface area contributed by atoms with E-state index in [1.165, 1.54) is 24.3 Å². The second-order valence-electron chi connectivity index (χ2n) is 4.65. The van der Waals surface area contributed by atoms with Gasteiger partial charge in [0.1, 0.15) is 23.9 Å². The standard InChI is InChI=1S/C17H13FO5/c18-13-5-1-3-11(7-13)10-23-14-6-2-4-12(8-14)15(19)9-16(20)17(21)22/h1-9,19H,10H2,(H,21,22)/b15-9-. The lowest BCUT2D eigenvalue weighted by molar-refractivity contribution is -0.146. The van der Waals surface area contributed by atoms with E-state index in [0.29, 0.717) is 17.4 Å². The van der Waals surface area contributed by atoms with Crippen LogP contribution in [0.3, 0.4) is 0 Å². The SMILES string of the molecule is O=C(O)C(=O)/C=C(\O)c1cccc(OCc2cccc(F)c2)c1. The van der Waals surface area contributed by atoms with Gasteiger partial charge in [0.2, 0.25) is 0 Å². The monoisotopic (exact) mass is 316 g/mol. The van der Waals surface area contributed by atoms with Crippen LogP contribution in [0.4, 0.5) is 4.39 Å². The van der Waals surface area contributed by atoms with Crippen LogP contribution in [-0.4, -0.2) is 22.0 Å². The van der Waals surface area contributed by atoms with Crippen LogP contribution < -0.4 is 4.74 Å². The summed E-state index contributed by atoms with van der Waals surface area (Å²) in [4.78, 5) is 21.5. The molecule has 0 unspecified atom stereocenters. The van der Waals surface area contributed by atoms with Gasteiger partial charge in [0, 0.05) is 11.6 Å². The number of rotatable bonds is 6. The minimum absolute atomic E-state index is 0.125. The van der Waals surface area contributed by atoms with Crippen LogP contribution >= 0.6 is 0 Å². The number of ether oxygens (including phenoxy) is 1. The highest BCUT2D eigenvalue weighted by Crippen LogP contribution is 2.20. The van der Waals surface area contributed by atoms with Gasteiger partial charge in [-0.3, -0.25) is 4.79 Å². The normalized spacial score (nSPS) is 11.1. The van der Waals surface area contributed by atoms with Crippen LogP contribution in [0.25, 0.3) is 5.76 Å². The first-order chi connectivity index (χ1) is 11.0. The third kappa shape index (κ3) is 4.67. The number of carbonyl (C=O) groups is 2. The number of carbonyl (C=O) groups excluding carboxylic acids is 1. The Hall–Kier alpha value is -3.15. The fourth-order valence-electron chi connectivity index (χ4n) is 1.81. The van der Waals surface area contributed by atoms with Crippen LogP contribution in [0, 0.1) is 5.82 Å². The lowest BCUT2D eigenvalue weighted by Gasteiger charge is -2.08. The zero-order valence-corrected chi connectivity index (χ0v) is 11.9. The van der Waals surface area contributed by atoms with Gasteiger partial charge in [0.15, 0.2) is 0 Å². The molecular weight excluding hydrogens is 303 g/mol. The number of aliphatic hydroxyl groups excluding tert-OH is 1. The Bertz CT molecular complexity index is 767. The average Bonchev–Trinajstić information content (AvgIpc) is 2.53. The Morgan fingerprint density at radius 3 is 2.52 bits per heavy atom. The quantitative estimate of drug-likeness (QED) is 0.486. The number of halogens is 1. The molecule has 2 aromatic carbocycles. The Balaban J connectivity index is 2.10. The predicted molar refractivity (Wildman–Crippen MR) is 80.4 cm³/mol. The molecule has 0 aliphatic rings. The molecule has 0 saturated carbocycles. The summed E-state index contributed by atoms with van der Waals surface area (Å²) in [6.45, 7) is 0.125. The molecule has 0 heterocycles. The van der Waals surface area contributed by atoms with Crippen LogP contribution in [0.1, 0.15) is 11.1 Å². The van der Waals surface area contributed by atoms with E-state index < -0.39 is 17.5 Å². The van der Waals surface area contributed by atoms with Gasteiger partial charge in [-0.1, -0.05) is 24.3 Å². The van der Waals surface area contributed by atoms with Gasteiger partial charge < -0.3 is 14.9 Å². The highest BCUT2D eigenvalue weighted by Gasteiger charge is 2.11. The van der Waals surface area contributed by atoms with E-state index in [0.717, 1.165) is 0 Å². The summed E-state index contributed by atoms with van der Waals surface area (Å²) in [5.41, 5.74) is 0.868. The molecule has 0 amide bonds. The molecule has 0 bridgehead atoms. The molecule has 0 saturated heterocycles. The third-order valence-electron chi connectivity index (χ3n) is 2.90. The minimum atomic E-state index is -1.66. The van der Waals surface area contributed by atoms with Gasteiger partial charge in [0.25, 0.3) is 5.78 Å². The lowest BCUT2D eigenvalue weighted by Crippen LogP contribution is -2.09. The number of carboxylic acid groups (broad SMARTS) is 1. The Morgan fingerprint density at radius 2 is 1.83 bits per heavy atom.